The third kappa shape index (κ3) is 4.54. The van der Waals surface area contributed by atoms with E-state index in [9.17, 15) is 14.2 Å². The summed E-state index contributed by atoms with van der Waals surface area (Å²) in [6, 6.07) is 0. The van der Waals surface area contributed by atoms with Gasteiger partial charge in [-0.3, -0.25) is 14.2 Å². The zero-order chi connectivity index (χ0) is 16.8. The molecule has 0 amide bonds. The van der Waals surface area contributed by atoms with Crippen molar-refractivity contribution < 1.29 is 32.7 Å². The summed E-state index contributed by atoms with van der Waals surface area (Å²) >= 11 is 0. The average molecular weight is 336 g/mol. The minimum atomic E-state index is -3.69. The standard InChI is InChI=1S/C14H25O7P/c1-5-18-13(15)11-9-10(11)12(14(16)19-6-2)22(17,20-7-3)21-8-4/h10-12H,5-9H2,1-4H3/t10-,11-,12?/m0/s1. The van der Waals surface area contributed by atoms with Gasteiger partial charge in [-0.25, -0.2) is 0 Å². The van der Waals surface area contributed by atoms with Gasteiger partial charge in [0.15, 0.2) is 5.66 Å². The number of esters is 2. The summed E-state index contributed by atoms with van der Waals surface area (Å²) in [5.41, 5.74) is -1.08. The van der Waals surface area contributed by atoms with E-state index < -0.39 is 31.1 Å². The van der Waals surface area contributed by atoms with Crippen LogP contribution in [-0.2, 0) is 32.7 Å². The van der Waals surface area contributed by atoms with E-state index in [0.29, 0.717) is 6.42 Å². The molecule has 0 aliphatic heterocycles. The van der Waals surface area contributed by atoms with Crippen LogP contribution in [0.25, 0.3) is 0 Å². The fourth-order valence-electron chi connectivity index (χ4n) is 2.41. The molecule has 1 saturated carbocycles. The first-order chi connectivity index (χ1) is 10.4. The summed E-state index contributed by atoms with van der Waals surface area (Å²) in [6.07, 6.45) is 0.423. The van der Waals surface area contributed by atoms with Crippen molar-refractivity contribution in [2.75, 3.05) is 26.4 Å². The van der Waals surface area contributed by atoms with Gasteiger partial charge in [0.1, 0.15) is 0 Å². The molecule has 22 heavy (non-hydrogen) atoms. The van der Waals surface area contributed by atoms with Crippen molar-refractivity contribution >= 4 is 19.5 Å². The highest BCUT2D eigenvalue weighted by atomic mass is 31.2. The van der Waals surface area contributed by atoms with Crippen molar-refractivity contribution in [3.05, 3.63) is 0 Å². The molecule has 0 saturated heterocycles. The lowest BCUT2D eigenvalue weighted by Crippen LogP contribution is -2.29. The molecule has 1 rings (SSSR count). The summed E-state index contributed by atoms with van der Waals surface area (Å²) < 4.78 is 33.4. The Morgan fingerprint density at radius 2 is 1.55 bits per heavy atom. The minimum Gasteiger partial charge on any atom is -0.466 e. The van der Waals surface area contributed by atoms with Crippen LogP contribution in [0.5, 0.6) is 0 Å². The Morgan fingerprint density at radius 1 is 1.00 bits per heavy atom. The fourth-order valence-corrected chi connectivity index (χ4v) is 4.65. The van der Waals surface area contributed by atoms with Crippen molar-refractivity contribution in [3.63, 3.8) is 0 Å². The van der Waals surface area contributed by atoms with Crippen LogP contribution in [-0.4, -0.2) is 44.0 Å². The number of ether oxygens (including phenoxy) is 2. The Labute approximate surface area is 131 Å². The molecule has 1 fully saturated rings. The summed E-state index contributed by atoms with van der Waals surface area (Å²) in [5.74, 6) is -1.92. The molecule has 0 radical (unpaired) electrons. The van der Waals surface area contributed by atoms with Gasteiger partial charge in [-0.05, 0) is 40.0 Å². The summed E-state index contributed by atoms with van der Waals surface area (Å²) in [5, 5.41) is 0. The lowest BCUT2D eigenvalue weighted by Gasteiger charge is -2.25. The first kappa shape index (κ1) is 19.1. The van der Waals surface area contributed by atoms with Gasteiger partial charge < -0.3 is 18.5 Å². The van der Waals surface area contributed by atoms with Crippen molar-refractivity contribution in [2.45, 2.75) is 39.8 Å². The van der Waals surface area contributed by atoms with E-state index in [1.165, 1.54) is 0 Å². The van der Waals surface area contributed by atoms with E-state index in [1.807, 2.05) is 0 Å². The van der Waals surface area contributed by atoms with Crippen molar-refractivity contribution in [1.82, 2.24) is 0 Å². The summed E-state index contributed by atoms with van der Waals surface area (Å²) in [6.45, 7) is 7.42. The number of hydrogen-bond acceptors (Lipinski definition) is 7. The van der Waals surface area contributed by atoms with Gasteiger partial charge >= 0.3 is 19.5 Å². The van der Waals surface area contributed by atoms with Crippen LogP contribution in [0.1, 0.15) is 34.1 Å². The van der Waals surface area contributed by atoms with Gasteiger partial charge in [0, 0.05) is 0 Å². The van der Waals surface area contributed by atoms with Crippen LogP contribution in [0.15, 0.2) is 0 Å². The summed E-state index contributed by atoms with van der Waals surface area (Å²) in [7, 11) is -3.69. The second-order valence-electron chi connectivity index (χ2n) is 4.83. The summed E-state index contributed by atoms with van der Waals surface area (Å²) in [4.78, 5) is 24.0. The maximum atomic E-state index is 12.9. The van der Waals surface area contributed by atoms with Gasteiger partial charge in [0.25, 0.3) is 0 Å². The van der Waals surface area contributed by atoms with Gasteiger partial charge in [-0.15, -0.1) is 0 Å². The monoisotopic (exact) mass is 336 g/mol. The fraction of sp³-hybridized carbons (Fsp3) is 0.857. The Kier molecular flexibility index (Phi) is 7.53. The largest absolute Gasteiger partial charge is 0.466 e. The zero-order valence-corrected chi connectivity index (χ0v) is 14.5. The molecule has 3 atom stereocenters. The van der Waals surface area contributed by atoms with Crippen LogP contribution in [0, 0.1) is 11.8 Å². The van der Waals surface area contributed by atoms with Crippen molar-refractivity contribution in [1.29, 1.82) is 0 Å². The van der Waals surface area contributed by atoms with Gasteiger partial charge in [0.05, 0.1) is 32.3 Å². The molecule has 0 heterocycles. The van der Waals surface area contributed by atoms with Crippen LogP contribution < -0.4 is 0 Å². The Hall–Kier alpha value is -0.910. The van der Waals surface area contributed by atoms with E-state index in [1.54, 1.807) is 27.7 Å². The molecule has 0 aromatic heterocycles. The van der Waals surface area contributed by atoms with E-state index in [4.69, 9.17) is 18.5 Å². The second kappa shape index (κ2) is 8.65. The van der Waals surface area contributed by atoms with Gasteiger partial charge in [0.2, 0.25) is 0 Å². The number of carbonyl (C=O) groups is 2. The molecule has 1 unspecified atom stereocenters. The lowest BCUT2D eigenvalue weighted by molar-refractivity contribution is -0.145. The molecule has 7 nitrogen and oxygen atoms in total. The molecule has 128 valence electrons. The zero-order valence-electron chi connectivity index (χ0n) is 13.6. The first-order valence-corrected chi connectivity index (χ1v) is 9.28. The topological polar surface area (TPSA) is 88.1 Å². The second-order valence-corrected chi connectivity index (χ2v) is 6.98. The van der Waals surface area contributed by atoms with E-state index in [-0.39, 0.29) is 32.4 Å². The smallest absolute Gasteiger partial charge is 0.345 e. The van der Waals surface area contributed by atoms with Gasteiger partial charge in [-0.1, -0.05) is 0 Å². The van der Waals surface area contributed by atoms with Crippen LogP contribution in [0.2, 0.25) is 0 Å². The molecular formula is C14H25O7P. The molecular weight excluding hydrogens is 311 g/mol. The normalized spacial score (nSPS) is 22.0. The average Bonchev–Trinajstić information content (AvgIpc) is 3.20. The third-order valence-corrected chi connectivity index (χ3v) is 5.83. The molecule has 1 aliphatic carbocycles. The molecule has 0 spiro atoms. The van der Waals surface area contributed by atoms with Crippen LogP contribution in [0.4, 0.5) is 0 Å². The Balaban J connectivity index is 2.97. The predicted octanol–water partition coefficient (Wildman–Crippen LogP) is 2.38. The molecule has 1 aliphatic rings. The number of hydrogen-bond donors (Lipinski definition) is 0. The molecule has 8 heteroatoms. The predicted molar refractivity (Wildman–Crippen MR) is 79.5 cm³/mol. The molecule has 0 N–H and O–H groups in total. The van der Waals surface area contributed by atoms with Crippen molar-refractivity contribution in [2.24, 2.45) is 11.8 Å². The Morgan fingerprint density at radius 3 is 2.00 bits per heavy atom. The maximum Gasteiger partial charge on any atom is 0.345 e. The molecule has 0 aromatic rings. The SMILES string of the molecule is CCOC(=O)C([C@H]1C[C@@H]1C(=O)OCC)P(=O)(OCC)OCC. The first-order valence-electron chi connectivity index (χ1n) is 7.67. The highest BCUT2D eigenvalue weighted by Gasteiger charge is 2.59. The highest BCUT2D eigenvalue weighted by molar-refractivity contribution is 7.55. The Bertz CT molecular complexity index is 427. The maximum absolute atomic E-state index is 12.9. The van der Waals surface area contributed by atoms with Crippen LogP contribution >= 0.6 is 7.60 Å². The van der Waals surface area contributed by atoms with Gasteiger partial charge in [-0.2, -0.15) is 0 Å². The lowest BCUT2D eigenvalue weighted by atomic mass is 10.2. The van der Waals surface area contributed by atoms with E-state index >= 15 is 0 Å². The van der Waals surface area contributed by atoms with E-state index in [2.05, 4.69) is 0 Å². The van der Waals surface area contributed by atoms with Crippen molar-refractivity contribution in [3.8, 4) is 0 Å². The van der Waals surface area contributed by atoms with Crippen LogP contribution in [0.3, 0.4) is 0 Å². The van der Waals surface area contributed by atoms with E-state index in [0.717, 1.165) is 0 Å². The number of rotatable bonds is 10. The number of carbonyl (C=O) groups excluding carboxylic acids is 2. The quantitative estimate of drug-likeness (QED) is 0.447. The highest BCUT2D eigenvalue weighted by Crippen LogP contribution is 2.62. The molecule has 0 aromatic carbocycles. The molecule has 0 bridgehead atoms. The minimum absolute atomic E-state index is 0.143. The third-order valence-electron chi connectivity index (χ3n) is 3.32.